The molecule has 1 amide bonds. The highest BCUT2D eigenvalue weighted by atomic mass is 35.5. The summed E-state index contributed by atoms with van der Waals surface area (Å²) in [5.74, 6) is -0.840. The number of hydrogen-bond donors (Lipinski definition) is 2. The molecule has 3 N–H and O–H groups in total. The van der Waals surface area contributed by atoms with Crippen LogP contribution < -0.4 is 11.1 Å². The van der Waals surface area contributed by atoms with Crippen LogP contribution in [-0.4, -0.2) is 30.0 Å². The molecule has 114 valence electrons. The molecule has 8 heteroatoms. The first-order valence-corrected chi connectivity index (χ1v) is 6.94. The summed E-state index contributed by atoms with van der Waals surface area (Å²) >= 11 is 1.32. The van der Waals surface area contributed by atoms with E-state index >= 15 is 0 Å². The van der Waals surface area contributed by atoms with Crippen molar-refractivity contribution in [1.29, 1.82) is 0 Å². The molecule has 1 heterocycles. The van der Waals surface area contributed by atoms with Crippen molar-refractivity contribution in [2.24, 2.45) is 11.7 Å². The number of nitrogens with zero attached hydrogens (tertiary/aromatic N) is 1. The van der Waals surface area contributed by atoms with Gasteiger partial charge in [0.2, 0.25) is 0 Å². The van der Waals surface area contributed by atoms with E-state index in [0.717, 1.165) is 6.42 Å². The topological polar surface area (TPSA) is 94.3 Å². The Kier molecular flexibility index (Phi) is 8.36. The molecule has 2 atom stereocenters. The largest absolute Gasteiger partial charge is 0.467 e. The smallest absolute Gasteiger partial charge is 0.328 e. The van der Waals surface area contributed by atoms with Crippen molar-refractivity contribution in [2.45, 2.75) is 32.9 Å². The summed E-state index contributed by atoms with van der Waals surface area (Å²) in [6.07, 6.45) is 0.755. The lowest BCUT2D eigenvalue weighted by Crippen LogP contribution is -2.45. The molecule has 0 aliphatic heterocycles. The number of nitrogens with one attached hydrogen (secondary N) is 1. The van der Waals surface area contributed by atoms with E-state index in [1.54, 1.807) is 5.38 Å². The minimum absolute atomic E-state index is 0. The molecule has 0 saturated heterocycles. The van der Waals surface area contributed by atoms with Gasteiger partial charge in [-0.1, -0.05) is 20.3 Å². The zero-order chi connectivity index (χ0) is 14.4. The summed E-state index contributed by atoms with van der Waals surface area (Å²) < 4.78 is 4.71. The summed E-state index contributed by atoms with van der Waals surface area (Å²) in [7, 11) is 1.30. The van der Waals surface area contributed by atoms with Gasteiger partial charge in [0.15, 0.2) is 0 Å². The van der Waals surface area contributed by atoms with Crippen LogP contribution >= 0.6 is 23.7 Å². The molecule has 0 radical (unpaired) electrons. The molecule has 0 aromatic carbocycles. The molecule has 1 rings (SSSR count). The standard InChI is InChI=1S/C12H19N3O3S.ClH/c1-4-7(2)10(12(17)18-3)15-11(16)8-6-19-9(5-13)14-8;/h6-7,10H,4-5,13H2,1-3H3,(H,15,16);1H/t7-,10-;/m0./s1. The fraction of sp³-hybridized carbons (Fsp3) is 0.583. The Morgan fingerprint density at radius 1 is 1.55 bits per heavy atom. The van der Waals surface area contributed by atoms with Gasteiger partial charge in [0.1, 0.15) is 16.7 Å². The van der Waals surface area contributed by atoms with E-state index in [-0.39, 0.29) is 29.9 Å². The number of carbonyl (C=O) groups is 2. The number of halogens is 1. The molecular weight excluding hydrogens is 302 g/mol. The summed E-state index contributed by atoms with van der Waals surface area (Å²) in [6.45, 7) is 4.13. The van der Waals surface area contributed by atoms with E-state index in [4.69, 9.17) is 10.5 Å². The van der Waals surface area contributed by atoms with Crippen molar-refractivity contribution in [2.75, 3.05) is 7.11 Å². The SMILES string of the molecule is CC[C@H](C)[C@H](NC(=O)c1csc(CN)n1)C(=O)OC.Cl. The Morgan fingerprint density at radius 2 is 2.20 bits per heavy atom. The van der Waals surface area contributed by atoms with Gasteiger partial charge in [0, 0.05) is 11.9 Å². The number of hydrogen-bond acceptors (Lipinski definition) is 6. The third-order valence-corrected chi connectivity index (χ3v) is 3.78. The van der Waals surface area contributed by atoms with Crippen molar-refractivity contribution in [3.63, 3.8) is 0 Å². The first-order valence-electron chi connectivity index (χ1n) is 6.06. The number of aromatic nitrogens is 1. The first kappa shape index (κ1) is 18.8. The molecule has 6 nitrogen and oxygen atoms in total. The third-order valence-electron chi connectivity index (χ3n) is 2.91. The normalized spacial score (nSPS) is 13.0. The van der Waals surface area contributed by atoms with Crippen molar-refractivity contribution < 1.29 is 14.3 Å². The number of amides is 1. The number of ether oxygens (including phenoxy) is 1. The number of esters is 1. The monoisotopic (exact) mass is 321 g/mol. The Hall–Kier alpha value is -1.18. The van der Waals surface area contributed by atoms with E-state index in [0.29, 0.717) is 11.6 Å². The van der Waals surface area contributed by atoms with Crippen molar-refractivity contribution in [1.82, 2.24) is 10.3 Å². The molecule has 0 fully saturated rings. The Labute approximate surface area is 128 Å². The second-order valence-corrected chi connectivity index (χ2v) is 5.13. The quantitative estimate of drug-likeness (QED) is 0.771. The molecule has 0 bridgehead atoms. The van der Waals surface area contributed by atoms with Crippen LogP contribution in [0.2, 0.25) is 0 Å². The van der Waals surface area contributed by atoms with Crippen LogP contribution in [-0.2, 0) is 16.1 Å². The van der Waals surface area contributed by atoms with Crippen molar-refractivity contribution in [3.05, 3.63) is 16.1 Å². The maximum absolute atomic E-state index is 12.0. The van der Waals surface area contributed by atoms with E-state index in [1.807, 2.05) is 13.8 Å². The molecule has 20 heavy (non-hydrogen) atoms. The number of rotatable bonds is 6. The lowest BCUT2D eigenvalue weighted by Gasteiger charge is -2.21. The Bertz CT molecular complexity index is 453. The van der Waals surface area contributed by atoms with Gasteiger partial charge in [0.05, 0.1) is 7.11 Å². The van der Waals surface area contributed by atoms with Crippen LogP contribution in [0.3, 0.4) is 0 Å². The molecule has 1 aromatic rings. The molecule has 0 aliphatic carbocycles. The predicted molar refractivity (Wildman–Crippen MR) is 80.0 cm³/mol. The highest BCUT2D eigenvalue weighted by Crippen LogP contribution is 2.12. The number of thiazole rings is 1. The van der Waals surface area contributed by atoms with Gasteiger partial charge in [-0.15, -0.1) is 23.7 Å². The maximum Gasteiger partial charge on any atom is 0.328 e. The second kappa shape index (κ2) is 8.89. The highest BCUT2D eigenvalue weighted by Gasteiger charge is 2.27. The average Bonchev–Trinajstić information content (AvgIpc) is 2.91. The second-order valence-electron chi connectivity index (χ2n) is 4.19. The molecule has 0 spiro atoms. The van der Waals surface area contributed by atoms with E-state index in [1.165, 1.54) is 18.4 Å². The minimum atomic E-state index is -0.662. The van der Waals surface area contributed by atoms with E-state index < -0.39 is 12.0 Å². The van der Waals surface area contributed by atoms with Gasteiger partial charge in [-0.05, 0) is 5.92 Å². The minimum Gasteiger partial charge on any atom is -0.467 e. The molecule has 0 aliphatic rings. The molecule has 1 aromatic heterocycles. The molecular formula is C12H20ClN3O3S. The highest BCUT2D eigenvalue weighted by molar-refractivity contribution is 7.09. The Morgan fingerprint density at radius 3 is 2.65 bits per heavy atom. The first-order chi connectivity index (χ1) is 9.03. The third kappa shape index (κ3) is 4.73. The fourth-order valence-electron chi connectivity index (χ4n) is 1.52. The summed E-state index contributed by atoms with van der Waals surface area (Å²) in [4.78, 5) is 27.8. The summed E-state index contributed by atoms with van der Waals surface area (Å²) in [6, 6.07) is -0.662. The molecule has 0 saturated carbocycles. The van der Waals surface area contributed by atoms with Gasteiger partial charge in [-0.25, -0.2) is 9.78 Å². The lowest BCUT2D eigenvalue weighted by atomic mass is 9.99. The van der Waals surface area contributed by atoms with Gasteiger partial charge in [-0.2, -0.15) is 0 Å². The van der Waals surface area contributed by atoms with Crippen molar-refractivity contribution >= 4 is 35.6 Å². The van der Waals surface area contributed by atoms with Gasteiger partial charge < -0.3 is 15.8 Å². The zero-order valence-corrected chi connectivity index (χ0v) is 13.3. The number of methoxy groups -OCH3 is 1. The molecule has 0 unspecified atom stereocenters. The summed E-state index contributed by atoms with van der Waals surface area (Å²) in [5.41, 5.74) is 5.73. The van der Waals surface area contributed by atoms with Crippen molar-refractivity contribution in [3.8, 4) is 0 Å². The Balaban J connectivity index is 0.00000361. The van der Waals surface area contributed by atoms with E-state index in [2.05, 4.69) is 10.3 Å². The number of carbonyl (C=O) groups excluding carboxylic acids is 2. The maximum atomic E-state index is 12.0. The average molecular weight is 322 g/mol. The van der Waals surface area contributed by atoms with Crippen LogP contribution in [0.1, 0.15) is 35.8 Å². The summed E-state index contributed by atoms with van der Waals surface area (Å²) in [5, 5.41) is 4.97. The lowest BCUT2D eigenvalue weighted by molar-refractivity contribution is -0.144. The van der Waals surface area contributed by atoms with Gasteiger partial charge in [-0.3, -0.25) is 4.79 Å². The van der Waals surface area contributed by atoms with Crippen LogP contribution in [0, 0.1) is 5.92 Å². The predicted octanol–water partition coefficient (Wildman–Crippen LogP) is 1.34. The van der Waals surface area contributed by atoms with E-state index in [9.17, 15) is 9.59 Å². The van der Waals surface area contributed by atoms with Crippen LogP contribution in [0.15, 0.2) is 5.38 Å². The number of nitrogens with two attached hydrogens (primary N) is 1. The zero-order valence-electron chi connectivity index (χ0n) is 11.7. The fourth-order valence-corrected chi connectivity index (χ4v) is 2.17. The van der Waals surface area contributed by atoms with Crippen LogP contribution in [0.25, 0.3) is 0 Å². The van der Waals surface area contributed by atoms with Gasteiger partial charge >= 0.3 is 5.97 Å². The van der Waals surface area contributed by atoms with Crippen LogP contribution in [0.4, 0.5) is 0 Å². The van der Waals surface area contributed by atoms with Crippen LogP contribution in [0.5, 0.6) is 0 Å². The van der Waals surface area contributed by atoms with Gasteiger partial charge in [0.25, 0.3) is 5.91 Å².